The number of aromatic nitrogens is 2. The molecule has 0 aliphatic heterocycles. The summed E-state index contributed by atoms with van der Waals surface area (Å²) in [7, 11) is 0. The Kier molecular flexibility index (Phi) is 8.49. The van der Waals surface area contributed by atoms with E-state index in [0.717, 1.165) is 31.6 Å². The van der Waals surface area contributed by atoms with Gasteiger partial charge in [-0.15, -0.1) is 12.4 Å². The Bertz CT molecular complexity index is 404. The standard InChI is InChI=1S/C14H26N4O.ClH/c1-4-7-14(3,15)13(19)17-8-5-6-10-18-11-9-16-12(18)2;/h9,11H,4-8,10,15H2,1-3H3,(H,17,19);1H. The summed E-state index contributed by atoms with van der Waals surface area (Å²) < 4.78 is 2.12. The second kappa shape index (κ2) is 8.97. The number of hydrogen-bond acceptors (Lipinski definition) is 3. The lowest BCUT2D eigenvalue weighted by atomic mass is 9.96. The molecule has 3 N–H and O–H groups in total. The predicted molar refractivity (Wildman–Crippen MR) is 84.0 cm³/mol. The third-order valence-corrected chi connectivity index (χ3v) is 3.32. The molecule has 1 rings (SSSR count). The van der Waals surface area contributed by atoms with Crippen molar-refractivity contribution in [2.24, 2.45) is 5.73 Å². The molecule has 0 bridgehead atoms. The van der Waals surface area contributed by atoms with E-state index in [1.165, 1.54) is 0 Å². The molecule has 116 valence electrons. The van der Waals surface area contributed by atoms with Crippen LogP contribution < -0.4 is 11.1 Å². The van der Waals surface area contributed by atoms with Crippen LogP contribution in [0.5, 0.6) is 0 Å². The number of amides is 1. The fourth-order valence-corrected chi connectivity index (χ4v) is 2.08. The van der Waals surface area contributed by atoms with E-state index in [-0.39, 0.29) is 18.3 Å². The van der Waals surface area contributed by atoms with Gasteiger partial charge in [0.2, 0.25) is 5.91 Å². The lowest BCUT2D eigenvalue weighted by Crippen LogP contribution is -2.51. The summed E-state index contributed by atoms with van der Waals surface area (Å²) in [5.41, 5.74) is 5.22. The molecule has 0 fully saturated rings. The van der Waals surface area contributed by atoms with Gasteiger partial charge in [-0.05, 0) is 33.1 Å². The number of hydrogen-bond donors (Lipinski definition) is 2. The largest absolute Gasteiger partial charge is 0.355 e. The number of unbranched alkanes of at least 4 members (excludes halogenated alkanes) is 1. The van der Waals surface area contributed by atoms with Crippen molar-refractivity contribution < 1.29 is 4.79 Å². The first-order chi connectivity index (χ1) is 8.97. The van der Waals surface area contributed by atoms with Crippen LogP contribution in [0.25, 0.3) is 0 Å². The zero-order valence-electron chi connectivity index (χ0n) is 12.7. The number of nitrogens with zero attached hydrogens (tertiary/aromatic N) is 2. The van der Waals surface area contributed by atoms with Crippen LogP contribution in [0, 0.1) is 6.92 Å². The molecule has 1 aromatic heterocycles. The highest BCUT2D eigenvalue weighted by atomic mass is 35.5. The Morgan fingerprint density at radius 3 is 2.75 bits per heavy atom. The highest BCUT2D eigenvalue weighted by Gasteiger charge is 2.26. The van der Waals surface area contributed by atoms with Crippen LogP contribution >= 0.6 is 12.4 Å². The van der Waals surface area contributed by atoms with Crippen molar-refractivity contribution in [3.8, 4) is 0 Å². The number of aryl methyl sites for hydroxylation is 2. The Morgan fingerprint density at radius 1 is 1.50 bits per heavy atom. The molecule has 0 spiro atoms. The summed E-state index contributed by atoms with van der Waals surface area (Å²) >= 11 is 0. The summed E-state index contributed by atoms with van der Waals surface area (Å²) in [6.07, 6.45) is 7.39. The van der Waals surface area contributed by atoms with E-state index in [0.29, 0.717) is 13.0 Å². The molecule has 6 heteroatoms. The predicted octanol–water partition coefficient (Wildman–Crippen LogP) is 2.03. The second-order valence-electron chi connectivity index (χ2n) is 5.30. The molecular weight excluding hydrogens is 276 g/mol. The van der Waals surface area contributed by atoms with Crippen LogP contribution in [0.1, 0.15) is 45.4 Å². The smallest absolute Gasteiger partial charge is 0.239 e. The van der Waals surface area contributed by atoms with Gasteiger partial charge >= 0.3 is 0 Å². The first-order valence-electron chi connectivity index (χ1n) is 7.02. The quantitative estimate of drug-likeness (QED) is 0.722. The third-order valence-electron chi connectivity index (χ3n) is 3.32. The van der Waals surface area contributed by atoms with Crippen molar-refractivity contribution in [3.63, 3.8) is 0 Å². The van der Waals surface area contributed by atoms with Crippen molar-refractivity contribution in [1.29, 1.82) is 0 Å². The van der Waals surface area contributed by atoms with Gasteiger partial charge in [-0.2, -0.15) is 0 Å². The van der Waals surface area contributed by atoms with Crippen molar-refractivity contribution >= 4 is 18.3 Å². The fraction of sp³-hybridized carbons (Fsp3) is 0.714. The number of rotatable bonds is 8. The number of carbonyl (C=O) groups excluding carboxylic acids is 1. The minimum atomic E-state index is -0.740. The van der Waals surface area contributed by atoms with E-state index in [1.807, 2.05) is 26.2 Å². The van der Waals surface area contributed by atoms with Gasteiger partial charge in [0.25, 0.3) is 0 Å². The topological polar surface area (TPSA) is 72.9 Å². The fourth-order valence-electron chi connectivity index (χ4n) is 2.08. The van der Waals surface area contributed by atoms with Crippen LogP contribution in [0.2, 0.25) is 0 Å². The van der Waals surface area contributed by atoms with Gasteiger partial charge in [0, 0.05) is 25.5 Å². The Hall–Kier alpha value is -1.07. The number of nitrogens with two attached hydrogens (primary N) is 1. The van der Waals surface area contributed by atoms with Crippen LogP contribution in [0.4, 0.5) is 0 Å². The van der Waals surface area contributed by atoms with E-state index in [4.69, 9.17) is 5.73 Å². The zero-order valence-corrected chi connectivity index (χ0v) is 13.5. The average molecular weight is 303 g/mol. The molecule has 1 aromatic rings. The maximum absolute atomic E-state index is 11.8. The Morgan fingerprint density at radius 2 is 2.20 bits per heavy atom. The number of imidazole rings is 1. The minimum absolute atomic E-state index is 0. The molecular formula is C14H27ClN4O. The molecule has 0 aliphatic rings. The van der Waals surface area contributed by atoms with Crippen molar-refractivity contribution in [3.05, 3.63) is 18.2 Å². The second-order valence-corrected chi connectivity index (χ2v) is 5.30. The highest BCUT2D eigenvalue weighted by molar-refractivity contribution is 5.85. The summed E-state index contributed by atoms with van der Waals surface area (Å²) in [6, 6.07) is 0. The van der Waals surface area contributed by atoms with E-state index in [1.54, 1.807) is 6.92 Å². The SMILES string of the molecule is CCCC(C)(N)C(=O)NCCCCn1ccnc1C.Cl. The maximum Gasteiger partial charge on any atom is 0.239 e. The summed E-state index contributed by atoms with van der Waals surface area (Å²) in [6.45, 7) is 7.44. The molecule has 0 aliphatic carbocycles. The average Bonchev–Trinajstić information content (AvgIpc) is 2.74. The van der Waals surface area contributed by atoms with Crippen molar-refractivity contribution in [2.45, 2.75) is 58.5 Å². The van der Waals surface area contributed by atoms with Crippen molar-refractivity contribution in [2.75, 3.05) is 6.54 Å². The summed E-state index contributed by atoms with van der Waals surface area (Å²) in [5, 5.41) is 2.91. The monoisotopic (exact) mass is 302 g/mol. The van der Waals surface area contributed by atoms with Crippen molar-refractivity contribution in [1.82, 2.24) is 14.9 Å². The highest BCUT2D eigenvalue weighted by Crippen LogP contribution is 2.08. The molecule has 1 amide bonds. The van der Waals surface area contributed by atoms with Gasteiger partial charge in [-0.1, -0.05) is 13.3 Å². The van der Waals surface area contributed by atoms with E-state index >= 15 is 0 Å². The maximum atomic E-state index is 11.8. The molecule has 1 unspecified atom stereocenters. The number of carbonyl (C=O) groups is 1. The normalized spacial score (nSPS) is 13.4. The number of nitrogens with one attached hydrogen (secondary N) is 1. The number of halogens is 1. The van der Waals surface area contributed by atoms with Gasteiger partial charge in [-0.25, -0.2) is 4.98 Å². The van der Waals surface area contributed by atoms with Gasteiger partial charge < -0.3 is 15.6 Å². The lowest BCUT2D eigenvalue weighted by molar-refractivity contribution is -0.126. The zero-order chi connectivity index (χ0) is 14.3. The van der Waals surface area contributed by atoms with E-state index in [2.05, 4.69) is 14.9 Å². The Balaban J connectivity index is 0.00000361. The van der Waals surface area contributed by atoms with Crippen LogP contribution in [0.15, 0.2) is 12.4 Å². The molecule has 1 heterocycles. The lowest BCUT2D eigenvalue weighted by Gasteiger charge is -2.22. The molecule has 0 radical (unpaired) electrons. The first-order valence-corrected chi connectivity index (χ1v) is 7.02. The first kappa shape index (κ1) is 18.9. The van der Waals surface area contributed by atoms with Crippen LogP contribution in [-0.2, 0) is 11.3 Å². The van der Waals surface area contributed by atoms with Gasteiger partial charge in [0.05, 0.1) is 5.54 Å². The molecule has 0 saturated heterocycles. The molecule has 1 atom stereocenters. The summed E-state index contributed by atoms with van der Waals surface area (Å²) in [4.78, 5) is 16.0. The Labute approximate surface area is 127 Å². The molecule has 20 heavy (non-hydrogen) atoms. The van der Waals surface area contributed by atoms with E-state index < -0.39 is 5.54 Å². The van der Waals surface area contributed by atoms with Gasteiger partial charge in [0.15, 0.2) is 0 Å². The van der Waals surface area contributed by atoms with Gasteiger partial charge in [0.1, 0.15) is 5.82 Å². The molecule has 0 aromatic carbocycles. The van der Waals surface area contributed by atoms with Crippen LogP contribution in [-0.4, -0.2) is 27.5 Å². The molecule has 5 nitrogen and oxygen atoms in total. The minimum Gasteiger partial charge on any atom is -0.355 e. The van der Waals surface area contributed by atoms with E-state index in [9.17, 15) is 4.79 Å². The van der Waals surface area contributed by atoms with Crippen LogP contribution in [0.3, 0.4) is 0 Å². The molecule has 0 saturated carbocycles. The third kappa shape index (κ3) is 5.92. The van der Waals surface area contributed by atoms with Gasteiger partial charge in [-0.3, -0.25) is 4.79 Å². The summed E-state index contributed by atoms with van der Waals surface area (Å²) in [5.74, 6) is 0.981.